The normalized spacial score (nSPS) is 12.8. The third-order valence-corrected chi connectivity index (χ3v) is 6.55. The van der Waals surface area contributed by atoms with E-state index in [1.807, 2.05) is 0 Å². The van der Waals surface area contributed by atoms with Gasteiger partial charge in [-0.15, -0.1) is 0 Å². The molecule has 28 heavy (non-hydrogen) atoms. The van der Waals surface area contributed by atoms with Crippen molar-refractivity contribution in [1.29, 1.82) is 0 Å². The topological polar surface area (TPSA) is 72.3 Å². The highest BCUT2D eigenvalue weighted by Gasteiger charge is 2.35. The molecule has 0 fully saturated rings. The number of benzene rings is 1. The predicted molar refractivity (Wildman–Crippen MR) is 95.0 cm³/mol. The first-order chi connectivity index (χ1) is 12.7. The van der Waals surface area contributed by atoms with E-state index in [2.05, 4.69) is 5.10 Å². The van der Waals surface area contributed by atoms with Gasteiger partial charge in [-0.1, -0.05) is 11.6 Å². The van der Waals surface area contributed by atoms with Crippen LogP contribution in [-0.4, -0.2) is 35.6 Å². The summed E-state index contributed by atoms with van der Waals surface area (Å²) in [7, 11) is -1.93. The predicted octanol–water partition coefficient (Wildman–Crippen LogP) is 3.29. The van der Waals surface area contributed by atoms with E-state index in [0.717, 1.165) is 17.4 Å². The summed E-state index contributed by atoms with van der Waals surface area (Å²) >= 11 is 5.88. The molecule has 2 aromatic rings. The molecule has 2 rings (SSSR count). The third kappa shape index (κ3) is 4.06. The summed E-state index contributed by atoms with van der Waals surface area (Å²) in [6.07, 6.45) is -4.84. The van der Waals surface area contributed by atoms with Crippen LogP contribution in [0.1, 0.15) is 19.5 Å². The largest absolute Gasteiger partial charge is 0.433 e. The first-order valence-electron chi connectivity index (χ1n) is 7.81. The molecule has 1 aromatic carbocycles. The van der Waals surface area contributed by atoms with Crippen LogP contribution < -0.4 is 5.43 Å². The molecule has 1 heterocycles. The smallest absolute Gasteiger partial charge is 0.287 e. The summed E-state index contributed by atoms with van der Waals surface area (Å²) in [5.41, 5.74) is -3.79. The molecule has 0 aliphatic carbocycles. The maximum atomic E-state index is 14.4. The first-order valence-corrected chi connectivity index (χ1v) is 9.62. The summed E-state index contributed by atoms with van der Waals surface area (Å²) in [6.45, 7) is 3.20. The fraction of sp³-hybridized carbons (Fsp3) is 0.375. The van der Waals surface area contributed by atoms with E-state index in [-0.39, 0.29) is 6.07 Å². The molecule has 0 spiro atoms. The molecule has 0 saturated carbocycles. The monoisotopic (exact) mass is 441 g/mol. The van der Waals surface area contributed by atoms with E-state index in [1.54, 1.807) is 13.8 Å². The number of hydrogen-bond donors (Lipinski definition) is 0. The first kappa shape index (κ1) is 22.3. The van der Waals surface area contributed by atoms with Gasteiger partial charge in [0, 0.05) is 31.8 Å². The zero-order valence-corrected chi connectivity index (χ0v) is 16.7. The molecule has 0 bridgehead atoms. The van der Waals surface area contributed by atoms with Crippen molar-refractivity contribution in [3.63, 3.8) is 0 Å². The van der Waals surface area contributed by atoms with Crippen LogP contribution in [0.25, 0.3) is 11.3 Å². The summed E-state index contributed by atoms with van der Waals surface area (Å²) in [5.74, 6) is -1.10. The van der Waals surface area contributed by atoms with Crippen LogP contribution in [0.15, 0.2) is 27.9 Å². The Kier molecular flexibility index (Phi) is 5.94. The second kappa shape index (κ2) is 7.45. The fourth-order valence-corrected chi connectivity index (χ4v) is 4.21. The minimum atomic E-state index is -4.84. The molecule has 0 saturated heterocycles. The third-order valence-electron chi connectivity index (χ3n) is 4.05. The van der Waals surface area contributed by atoms with Crippen molar-refractivity contribution >= 4 is 21.6 Å². The van der Waals surface area contributed by atoms with Gasteiger partial charge in [0.15, 0.2) is 0 Å². The van der Waals surface area contributed by atoms with E-state index in [1.165, 1.54) is 7.05 Å². The summed E-state index contributed by atoms with van der Waals surface area (Å²) < 4.78 is 79.9. The SMILES string of the molecule is CC(C)N(C)S(=O)(=O)c1cc(-c2nn(C)c(C(F)(F)F)cc2=O)c(F)cc1Cl. The number of aryl methyl sites for hydroxylation is 1. The zero-order chi connectivity index (χ0) is 21.6. The van der Waals surface area contributed by atoms with Crippen molar-refractivity contribution in [3.05, 3.63) is 45.0 Å². The Bertz CT molecular complexity index is 1080. The van der Waals surface area contributed by atoms with E-state index >= 15 is 0 Å². The Labute approximate surface area is 163 Å². The van der Waals surface area contributed by atoms with E-state index < -0.39 is 60.4 Å². The van der Waals surface area contributed by atoms with Crippen LogP contribution in [0.3, 0.4) is 0 Å². The van der Waals surface area contributed by atoms with Crippen molar-refractivity contribution in [2.75, 3.05) is 7.05 Å². The lowest BCUT2D eigenvalue weighted by Crippen LogP contribution is -2.33. The van der Waals surface area contributed by atoms with Gasteiger partial charge < -0.3 is 0 Å². The zero-order valence-electron chi connectivity index (χ0n) is 15.2. The highest BCUT2D eigenvalue weighted by Crippen LogP contribution is 2.32. The Hall–Kier alpha value is -1.98. The molecule has 12 heteroatoms. The molecule has 0 N–H and O–H groups in total. The van der Waals surface area contributed by atoms with Crippen LogP contribution >= 0.6 is 11.6 Å². The van der Waals surface area contributed by atoms with Gasteiger partial charge in [-0.25, -0.2) is 12.8 Å². The van der Waals surface area contributed by atoms with E-state index in [0.29, 0.717) is 10.7 Å². The molecule has 0 aliphatic heterocycles. The number of hydrogen-bond acceptors (Lipinski definition) is 4. The lowest BCUT2D eigenvalue weighted by molar-refractivity contribution is -0.144. The summed E-state index contributed by atoms with van der Waals surface area (Å²) in [5, 5.41) is 3.06. The second-order valence-electron chi connectivity index (χ2n) is 6.24. The molecular formula is C16H16ClF4N3O3S. The summed E-state index contributed by atoms with van der Waals surface area (Å²) in [4.78, 5) is 11.6. The van der Waals surface area contributed by atoms with Gasteiger partial charge in [-0.2, -0.15) is 22.6 Å². The van der Waals surface area contributed by atoms with Gasteiger partial charge >= 0.3 is 6.18 Å². The van der Waals surface area contributed by atoms with Crippen LogP contribution in [0.4, 0.5) is 17.6 Å². The molecule has 0 atom stereocenters. The van der Waals surface area contributed by atoms with Crippen molar-refractivity contribution in [1.82, 2.24) is 14.1 Å². The lowest BCUT2D eigenvalue weighted by Gasteiger charge is -2.22. The van der Waals surface area contributed by atoms with Crippen molar-refractivity contribution in [2.45, 2.75) is 31.0 Å². The fourth-order valence-electron chi connectivity index (χ4n) is 2.33. The molecule has 0 amide bonds. The minimum Gasteiger partial charge on any atom is -0.287 e. The van der Waals surface area contributed by atoms with Gasteiger partial charge in [-0.05, 0) is 26.0 Å². The number of rotatable bonds is 4. The van der Waals surface area contributed by atoms with Crippen LogP contribution in [-0.2, 0) is 23.2 Å². The average Bonchev–Trinajstić information content (AvgIpc) is 2.54. The number of aromatic nitrogens is 2. The van der Waals surface area contributed by atoms with Crippen molar-refractivity contribution in [3.8, 4) is 11.3 Å². The Balaban J connectivity index is 2.76. The second-order valence-corrected chi connectivity index (χ2v) is 8.61. The molecule has 1 aromatic heterocycles. The highest BCUT2D eigenvalue weighted by molar-refractivity contribution is 7.89. The number of sulfonamides is 1. The van der Waals surface area contributed by atoms with Crippen LogP contribution in [0.5, 0.6) is 0 Å². The summed E-state index contributed by atoms with van der Waals surface area (Å²) in [6, 6.07) is 1.29. The molecule has 6 nitrogen and oxygen atoms in total. The lowest BCUT2D eigenvalue weighted by atomic mass is 10.1. The van der Waals surface area contributed by atoms with Crippen molar-refractivity contribution < 1.29 is 26.0 Å². The molecule has 0 radical (unpaired) electrons. The van der Waals surface area contributed by atoms with Gasteiger partial charge in [0.1, 0.15) is 22.1 Å². The maximum Gasteiger partial charge on any atom is 0.433 e. The van der Waals surface area contributed by atoms with Crippen LogP contribution in [0.2, 0.25) is 5.02 Å². The quantitative estimate of drug-likeness (QED) is 0.682. The van der Waals surface area contributed by atoms with Gasteiger partial charge in [0.05, 0.1) is 5.02 Å². The van der Waals surface area contributed by atoms with Crippen molar-refractivity contribution in [2.24, 2.45) is 7.05 Å². The number of nitrogens with zero attached hydrogens (tertiary/aromatic N) is 3. The minimum absolute atomic E-state index is 0.269. The van der Waals surface area contributed by atoms with Gasteiger partial charge in [-0.3, -0.25) is 9.48 Å². The highest BCUT2D eigenvalue weighted by atomic mass is 35.5. The Morgan fingerprint density at radius 3 is 2.29 bits per heavy atom. The Morgan fingerprint density at radius 2 is 1.79 bits per heavy atom. The number of alkyl halides is 3. The van der Waals surface area contributed by atoms with Crippen LogP contribution in [0, 0.1) is 5.82 Å². The van der Waals surface area contributed by atoms with E-state index in [4.69, 9.17) is 11.6 Å². The molecule has 154 valence electrons. The van der Waals surface area contributed by atoms with E-state index in [9.17, 15) is 30.8 Å². The molecular weight excluding hydrogens is 426 g/mol. The van der Waals surface area contributed by atoms with Gasteiger partial charge in [0.25, 0.3) is 0 Å². The van der Waals surface area contributed by atoms with Gasteiger partial charge in [0.2, 0.25) is 15.5 Å². The maximum absolute atomic E-state index is 14.4. The number of halogens is 5. The average molecular weight is 442 g/mol. The standard InChI is InChI=1S/C16H16ClF4N3O3S/c1-8(2)24(4)28(26,27)13-5-9(11(18)6-10(13)17)15-12(25)7-14(16(19,20)21)23(3)22-15/h5-8H,1-4H3. The molecule has 0 unspecified atom stereocenters. The Morgan fingerprint density at radius 1 is 1.21 bits per heavy atom. The molecule has 0 aliphatic rings.